The van der Waals surface area contributed by atoms with Gasteiger partial charge in [-0.1, -0.05) is 46.3 Å². The van der Waals surface area contributed by atoms with Crippen LogP contribution in [-0.4, -0.2) is 28.3 Å². The lowest BCUT2D eigenvalue weighted by Gasteiger charge is -2.22. The van der Waals surface area contributed by atoms with Crippen LogP contribution in [0.4, 0.5) is 0 Å². The fourth-order valence-electron chi connectivity index (χ4n) is 2.41. The van der Waals surface area contributed by atoms with Gasteiger partial charge in [0.05, 0.1) is 17.5 Å². The molecule has 3 atom stereocenters. The number of amides is 1. The average molecular weight is 282 g/mol. The Kier molecular flexibility index (Phi) is 2.48. The lowest BCUT2D eigenvalue weighted by Crippen LogP contribution is -2.32. The minimum absolute atomic E-state index is 0.0346. The third kappa shape index (κ3) is 1.48. The Labute approximate surface area is 103 Å². The summed E-state index contributed by atoms with van der Waals surface area (Å²) >= 11 is 3.41. The van der Waals surface area contributed by atoms with Gasteiger partial charge in [0, 0.05) is 5.56 Å². The lowest BCUT2D eigenvalue weighted by atomic mass is 10.2. The molecule has 2 aliphatic heterocycles. The van der Waals surface area contributed by atoms with Gasteiger partial charge in [-0.3, -0.25) is 4.79 Å². The molecule has 16 heavy (non-hydrogen) atoms. The second-order valence-corrected chi connectivity index (χ2v) is 5.30. The topological polar surface area (TPSA) is 29.5 Å². The van der Waals surface area contributed by atoms with Gasteiger partial charge in [0.25, 0.3) is 0 Å². The molecule has 0 radical (unpaired) electrons. The predicted molar refractivity (Wildman–Crippen MR) is 63.1 cm³/mol. The van der Waals surface area contributed by atoms with Gasteiger partial charge in [-0.2, -0.15) is 0 Å². The summed E-state index contributed by atoms with van der Waals surface area (Å²) in [7, 11) is 0. The Morgan fingerprint density at radius 3 is 2.81 bits per heavy atom. The standard InChI is InChI=1S/C12H12BrNO2/c13-10-6-9-7-16-12(14(9)11(10)15)8-4-2-1-3-5-8/h1-5,9-10,12H,6-7H2. The molecular weight excluding hydrogens is 270 g/mol. The Balaban J connectivity index is 1.91. The van der Waals surface area contributed by atoms with E-state index in [0.29, 0.717) is 6.61 Å². The number of hydrogen-bond acceptors (Lipinski definition) is 2. The fraction of sp³-hybridized carbons (Fsp3) is 0.417. The molecule has 1 aromatic carbocycles. The summed E-state index contributed by atoms with van der Waals surface area (Å²) in [5.74, 6) is 0.149. The van der Waals surface area contributed by atoms with Crippen molar-refractivity contribution >= 4 is 21.8 Å². The van der Waals surface area contributed by atoms with E-state index >= 15 is 0 Å². The van der Waals surface area contributed by atoms with Crippen LogP contribution in [-0.2, 0) is 9.53 Å². The van der Waals surface area contributed by atoms with Crippen molar-refractivity contribution in [1.82, 2.24) is 4.90 Å². The molecule has 0 N–H and O–H groups in total. The van der Waals surface area contributed by atoms with Crippen molar-refractivity contribution in [2.45, 2.75) is 23.5 Å². The third-order valence-corrected chi connectivity index (χ3v) is 3.94. The monoisotopic (exact) mass is 281 g/mol. The third-order valence-electron chi connectivity index (χ3n) is 3.18. The van der Waals surface area contributed by atoms with E-state index in [0.717, 1.165) is 12.0 Å². The number of nitrogens with zero attached hydrogens (tertiary/aromatic N) is 1. The Bertz CT molecular complexity index is 409. The molecule has 84 valence electrons. The highest BCUT2D eigenvalue weighted by atomic mass is 79.9. The first kappa shape index (κ1) is 10.3. The van der Waals surface area contributed by atoms with Gasteiger partial charge in [-0.15, -0.1) is 0 Å². The molecule has 1 amide bonds. The quantitative estimate of drug-likeness (QED) is 0.738. The van der Waals surface area contributed by atoms with Crippen LogP contribution in [0.15, 0.2) is 30.3 Å². The molecule has 3 unspecified atom stereocenters. The Hall–Kier alpha value is -0.870. The minimum Gasteiger partial charge on any atom is -0.352 e. The highest BCUT2D eigenvalue weighted by Crippen LogP contribution is 2.39. The maximum absolute atomic E-state index is 12.0. The molecule has 2 aliphatic rings. The highest BCUT2D eigenvalue weighted by Gasteiger charge is 2.47. The van der Waals surface area contributed by atoms with Gasteiger partial charge < -0.3 is 9.64 Å². The zero-order valence-corrected chi connectivity index (χ0v) is 10.3. The van der Waals surface area contributed by atoms with Gasteiger partial charge in [0.15, 0.2) is 6.23 Å². The van der Waals surface area contributed by atoms with Gasteiger partial charge >= 0.3 is 0 Å². The molecule has 2 saturated heterocycles. The number of halogens is 1. The number of fused-ring (bicyclic) bond motifs is 1. The van der Waals surface area contributed by atoms with Gasteiger partial charge in [-0.05, 0) is 6.42 Å². The average Bonchev–Trinajstić information content (AvgIpc) is 2.83. The van der Waals surface area contributed by atoms with E-state index in [9.17, 15) is 4.79 Å². The van der Waals surface area contributed by atoms with E-state index in [1.54, 1.807) is 0 Å². The fourth-order valence-corrected chi connectivity index (χ4v) is 3.08. The van der Waals surface area contributed by atoms with Crippen LogP contribution in [0.5, 0.6) is 0 Å². The van der Waals surface area contributed by atoms with Crippen molar-refractivity contribution in [1.29, 1.82) is 0 Å². The zero-order valence-electron chi connectivity index (χ0n) is 8.67. The smallest absolute Gasteiger partial charge is 0.239 e. The van der Waals surface area contributed by atoms with Crippen molar-refractivity contribution in [2.75, 3.05) is 6.61 Å². The van der Waals surface area contributed by atoms with Crippen LogP contribution in [0, 0.1) is 0 Å². The summed E-state index contributed by atoms with van der Waals surface area (Å²) in [5, 5.41) is 0. The summed E-state index contributed by atoms with van der Waals surface area (Å²) < 4.78 is 5.71. The molecule has 3 nitrogen and oxygen atoms in total. The molecule has 0 bridgehead atoms. The molecule has 0 saturated carbocycles. The number of benzene rings is 1. The first-order chi connectivity index (χ1) is 7.77. The SMILES string of the molecule is O=C1C(Br)CC2COC(c3ccccc3)N12. The van der Waals surface area contributed by atoms with E-state index in [1.807, 2.05) is 35.2 Å². The molecule has 4 heteroatoms. The van der Waals surface area contributed by atoms with Crippen molar-refractivity contribution < 1.29 is 9.53 Å². The Morgan fingerprint density at radius 2 is 2.06 bits per heavy atom. The zero-order chi connectivity index (χ0) is 11.1. The number of ether oxygens (including phenoxy) is 1. The van der Waals surface area contributed by atoms with E-state index in [1.165, 1.54) is 0 Å². The number of carbonyl (C=O) groups is 1. The van der Waals surface area contributed by atoms with E-state index < -0.39 is 0 Å². The summed E-state index contributed by atoms with van der Waals surface area (Å²) in [4.78, 5) is 13.8. The van der Waals surface area contributed by atoms with Crippen molar-refractivity contribution in [2.24, 2.45) is 0 Å². The first-order valence-electron chi connectivity index (χ1n) is 5.40. The second-order valence-electron chi connectivity index (χ2n) is 4.20. The van der Waals surface area contributed by atoms with Crippen LogP contribution < -0.4 is 0 Å². The largest absolute Gasteiger partial charge is 0.352 e. The molecule has 2 heterocycles. The van der Waals surface area contributed by atoms with Crippen molar-refractivity contribution in [3.63, 3.8) is 0 Å². The van der Waals surface area contributed by atoms with Crippen molar-refractivity contribution in [3.05, 3.63) is 35.9 Å². The maximum Gasteiger partial charge on any atom is 0.239 e. The molecule has 1 aromatic rings. The number of carbonyl (C=O) groups excluding carboxylic acids is 1. The molecule has 0 aromatic heterocycles. The van der Waals surface area contributed by atoms with Crippen LogP contribution in [0.3, 0.4) is 0 Å². The summed E-state index contributed by atoms with van der Waals surface area (Å²) in [6.07, 6.45) is 0.656. The number of alkyl halides is 1. The van der Waals surface area contributed by atoms with Crippen molar-refractivity contribution in [3.8, 4) is 0 Å². The van der Waals surface area contributed by atoms with Gasteiger partial charge in [0.1, 0.15) is 0 Å². The molecule has 2 fully saturated rings. The highest BCUT2D eigenvalue weighted by molar-refractivity contribution is 9.10. The Morgan fingerprint density at radius 1 is 1.31 bits per heavy atom. The maximum atomic E-state index is 12.0. The molecule has 3 rings (SSSR count). The van der Waals surface area contributed by atoms with Gasteiger partial charge in [-0.25, -0.2) is 0 Å². The number of hydrogen-bond donors (Lipinski definition) is 0. The second kappa shape index (κ2) is 3.86. The number of rotatable bonds is 1. The van der Waals surface area contributed by atoms with E-state index in [4.69, 9.17) is 4.74 Å². The van der Waals surface area contributed by atoms with E-state index in [2.05, 4.69) is 15.9 Å². The molecule has 0 aliphatic carbocycles. The molecule has 0 spiro atoms. The normalized spacial score (nSPS) is 33.2. The lowest BCUT2D eigenvalue weighted by molar-refractivity contribution is -0.133. The van der Waals surface area contributed by atoms with Crippen LogP contribution >= 0.6 is 15.9 Å². The summed E-state index contributed by atoms with van der Waals surface area (Å²) in [5.41, 5.74) is 1.06. The van der Waals surface area contributed by atoms with Crippen LogP contribution in [0.25, 0.3) is 0 Å². The predicted octanol–water partition coefficient (Wildman–Crippen LogP) is 2.08. The molecular formula is C12H12BrNO2. The van der Waals surface area contributed by atoms with Gasteiger partial charge in [0.2, 0.25) is 5.91 Å². The van der Waals surface area contributed by atoms with Crippen LogP contribution in [0.2, 0.25) is 0 Å². The first-order valence-corrected chi connectivity index (χ1v) is 6.32. The summed E-state index contributed by atoms with van der Waals surface area (Å²) in [6.45, 7) is 0.646. The van der Waals surface area contributed by atoms with E-state index in [-0.39, 0.29) is 23.0 Å². The minimum atomic E-state index is -0.193. The summed E-state index contributed by atoms with van der Waals surface area (Å²) in [6, 6.07) is 10.1. The van der Waals surface area contributed by atoms with Crippen LogP contribution in [0.1, 0.15) is 18.2 Å².